The lowest BCUT2D eigenvalue weighted by molar-refractivity contribution is -0.122. The van der Waals surface area contributed by atoms with Gasteiger partial charge in [0.25, 0.3) is 0 Å². The van der Waals surface area contributed by atoms with Crippen molar-refractivity contribution in [2.24, 2.45) is 11.7 Å². The van der Waals surface area contributed by atoms with Crippen molar-refractivity contribution in [2.45, 2.75) is 45.8 Å². The third kappa shape index (κ3) is 5.94. The maximum Gasteiger partial charge on any atom is 0.221 e. The molecule has 4 N–H and O–H groups in total. The fourth-order valence-electron chi connectivity index (χ4n) is 0.898. The average molecular weight is 202 g/mol. The summed E-state index contributed by atoms with van der Waals surface area (Å²) in [4.78, 5) is 11.3. The standard InChI is InChI=1S/C10H22N2O2/c1-4-8(13)6-12-10(14)5-9(11)7(2)3/h7-9,13H,4-6,11H2,1-3H3,(H,12,14). The summed E-state index contributed by atoms with van der Waals surface area (Å²) < 4.78 is 0. The van der Waals surface area contributed by atoms with E-state index >= 15 is 0 Å². The molecule has 0 spiro atoms. The summed E-state index contributed by atoms with van der Waals surface area (Å²) >= 11 is 0. The number of nitrogens with one attached hydrogen (secondary N) is 1. The van der Waals surface area contributed by atoms with Crippen molar-refractivity contribution in [1.82, 2.24) is 5.32 Å². The summed E-state index contributed by atoms with van der Waals surface area (Å²) in [7, 11) is 0. The molecule has 4 nitrogen and oxygen atoms in total. The summed E-state index contributed by atoms with van der Waals surface area (Å²) in [6.45, 7) is 6.16. The van der Waals surface area contributed by atoms with Crippen LogP contribution in [-0.4, -0.2) is 29.7 Å². The molecule has 0 rings (SSSR count). The molecule has 4 heteroatoms. The van der Waals surface area contributed by atoms with E-state index in [-0.39, 0.29) is 11.9 Å². The van der Waals surface area contributed by atoms with Crippen LogP contribution in [0.1, 0.15) is 33.6 Å². The van der Waals surface area contributed by atoms with Crippen molar-refractivity contribution >= 4 is 5.91 Å². The number of rotatable bonds is 6. The lowest BCUT2D eigenvalue weighted by Crippen LogP contribution is -2.37. The molecule has 14 heavy (non-hydrogen) atoms. The fraction of sp³-hybridized carbons (Fsp3) is 0.900. The van der Waals surface area contributed by atoms with Gasteiger partial charge >= 0.3 is 0 Å². The molecule has 0 saturated heterocycles. The number of nitrogens with two attached hydrogens (primary N) is 1. The average Bonchev–Trinajstić information content (AvgIpc) is 2.13. The molecular formula is C10H22N2O2. The molecule has 0 fully saturated rings. The molecule has 2 atom stereocenters. The Kier molecular flexibility index (Phi) is 6.49. The number of hydrogen-bond acceptors (Lipinski definition) is 3. The van der Waals surface area contributed by atoms with Gasteiger partial charge in [0, 0.05) is 19.0 Å². The first-order valence-electron chi connectivity index (χ1n) is 5.17. The van der Waals surface area contributed by atoms with Crippen LogP contribution >= 0.6 is 0 Å². The lowest BCUT2D eigenvalue weighted by atomic mass is 10.0. The van der Waals surface area contributed by atoms with Crippen molar-refractivity contribution in [3.05, 3.63) is 0 Å². The minimum atomic E-state index is -0.450. The number of carbonyl (C=O) groups excluding carboxylic acids is 1. The predicted molar refractivity (Wildman–Crippen MR) is 56.7 cm³/mol. The van der Waals surface area contributed by atoms with Gasteiger partial charge in [0.05, 0.1) is 6.10 Å². The van der Waals surface area contributed by atoms with Gasteiger partial charge in [0.15, 0.2) is 0 Å². The molecule has 0 aliphatic heterocycles. The highest BCUT2D eigenvalue weighted by Gasteiger charge is 2.13. The predicted octanol–water partition coefficient (Wildman–Crippen LogP) is 0.247. The van der Waals surface area contributed by atoms with E-state index in [1.807, 2.05) is 20.8 Å². The molecule has 0 bridgehead atoms. The zero-order valence-electron chi connectivity index (χ0n) is 9.29. The van der Waals surface area contributed by atoms with E-state index in [9.17, 15) is 9.90 Å². The van der Waals surface area contributed by atoms with Crippen LogP contribution < -0.4 is 11.1 Å². The monoisotopic (exact) mass is 202 g/mol. The molecule has 0 heterocycles. The van der Waals surface area contributed by atoms with E-state index in [4.69, 9.17) is 5.73 Å². The van der Waals surface area contributed by atoms with Gasteiger partial charge in [0.2, 0.25) is 5.91 Å². The van der Waals surface area contributed by atoms with Crippen molar-refractivity contribution in [2.75, 3.05) is 6.54 Å². The Morgan fingerprint density at radius 3 is 2.50 bits per heavy atom. The van der Waals surface area contributed by atoms with E-state index in [1.165, 1.54) is 0 Å². The molecule has 0 aromatic rings. The molecule has 0 saturated carbocycles. The highest BCUT2D eigenvalue weighted by Crippen LogP contribution is 2.02. The minimum Gasteiger partial charge on any atom is -0.391 e. The zero-order valence-corrected chi connectivity index (χ0v) is 9.29. The van der Waals surface area contributed by atoms with E-state index in [0.29, 0.717) is 25.3 Å². The summed E-state index contributed by atoms with van der Waals surface area (Å²) in [5, 5.41) is 11.9. The van der Waals surface area contributed by atoms with E-state index in [2.05, 4.69) is 5.32 Å². The molecule has 0 aromatic carbocycles. The summed E-state index contributed by atoms with van der Waals surface area (Å²) in [5.74, 6) is 0.218. The number of aliphatic hydroxyl groups excluding tert-OH is 1. The number of carbonyl (C=O) groups is 1. The van der Waals surface area contributed by atoms with Gasteiger partial charge in [0.1, 0.15) is 0 Å². The Morgan fingerprint density at radius 1 is 1.50 bits per heavy atom. The minimum absolute atomic E-state index is 0.0845. The van der Waals surface area contributed by atoms with Crippen LogP contribution in [0, 0.1) is 5.92 Å². The van der Waals surface area contributed by atoms with Gasteiger partial charge < -0.3 is 16.2 Å². The molecular weight excluding hydrogens is 180 g/mol. The van der Waals surface area contributed by atoms with Crippen LogP contribution in [0.15, 0.2) is 0 Å². The third-order valence-corrected chi connectivity index (χ3v) is 2.28. The Balaban J connectivity index is 3.65. The largest absolute Gasteiger partial charge is 0.391 e. The summed E-state index contributed by atoms with van der Waals surface area (Å²) in [5.41, 5.74) is 5.73. The Labute approximate surface area is 85.9 Å². The highest BCUT2D eigenvalue weighted by molar-refractivity contribution is 5.76. The normalized spacial score (nSPS) is 15.3. The fourth-order valence-corrected chi connectivity index (χ4v) is 0.898. The maximum absolute atomic E-state index is 11.3. The second-order valence-electron chi connectivity index (χ2n) is 3.98. The van der Waals surface area contributed by atoms with Gasteiger partial charge in [-0.3, -0.25) is 4.79 Å². The first kappa shape index (κ1) is 13.4. The summed E-state index contributed by atoms with van der Waals surface area (Å²) in [6.07, 6.45) is 0.527. The topological polar surface area (TPSA) is 75.3 Å². The van der Waals surface area contributed by atoms with Gasteiger partial charge in [-0.2, -0.15) is 0 Å². The van der Waals surface area contributed by atoms with Crippen molar-refractivity contribution in [3.8, 4) is 0 Å². The van der Waals surface area contributed by atoms with Gasteiger partial charge in [-0.15, -0.1) is 0 Å². The first-order valence-corrected chi connectivity index (χ1v) is 5.17. The maximum atomic E-state index is 11.3. The molecule has 0 aliphatic carbocycles. The van der Waals surface area contributed by atoms with Crippen LogP contribution in [0.2, 0.25) is 0 Å². The molecule has 2 unspecified atom stereocenters. The van der Waals surface area contributed by atoms with Crippen LogP contribution in [0.25, 0.3) is 0 Å². The van der Waals surface area contributed by atoms with Crippen LogP contribution in [0.5, 0.6) is 0 Å². The van der Waals surface area contributed by atoms with E-state index in [0.717, 1.165) is 0 Å². The number of hydrogen-bond donors (Lipinski definition) is 3. The van der Waals surface area contributed by atoms with E-state index in [1.54, 1.807) is 0 Å². The smallest absolute Gasteiger partial charge is 0.221 e. The second-order valence-corrected chi connectivity index (χ2v) is 3.98. The van der Waals surface area contributed by atoms with Crippen molar-refractivity contribution in [1.29, 1.82) is 0 Å². The molecule has 0 aliphatic rings. The second kappa shape index (κ2) is 6.79. The number of aliphatic hydroxyl groups is 1. The third-order valence-electron chi connectivity index (χ3n) is 2.28. The zero-order chi connectivity index (χ0) is 11.1. The molecule has 84 valence electrons. The van der Waals surface area contributed by atoms with E-state index < -0.39 is 6.10 Å². The highest BCUT2D eigenvalue weighted by atomic mass is 16.3. The van der Waals surface area contributed by atoms with Crippen LogP contribution in [0.4, 0.5) is 0 Å². The SMILES string of the molecule is CCC(O)CNC(=O)CC(N)C(C)C. The first-order chi connectivity index (χ1) is 6.47. The Hall–Kier alpha value is -0.610. The van der Waals surface area contributed by atoms with Gasteiger partial charge in [-0.05, 0) is 12.3 Å². The Morgan fingerprint density at radius 2 is 2.07 bits per heavy atom. The number of amides is 1. The van der Waals surface area contributed by atoms with Gasteiger partial charge in [-0.1, -0.05) is 20.8 Å². The van der Waals surface area contributed by atoms with Crippen molar-refractivity contribution in [3.63, 3.8) is 0 Å². The lowest BCUT2D eigenvalue weighted by Gasteiger charge is -2.15. The van der Waals surface area contributed by atoms with Crippen LogP contribution in [-0.2, 0) is 4.79 Å². The molecule has 1 amide bonds. The Bertz CT molecular complexity index is 172. The molecule has 0 radical (unpaired) electrons. The van der Waals surface area contributed by atoms with Crippen molar-refractivity contribution < 1.29 is 9.90 Å². The quantitative estimate of drug-likeness (QED) is 0.578. The van der Waals surface area contributed by atoms with Crippen LogP contribution in [0.3, 0.4) is 0 Å². The summed E-state index contributed by atoms with van der Waals surface area (Å²) in [6, 6.07) is -0.103. The molecule has 0 aromatic heterocycles. The van der Waals surface area contributed by atoms with Gasteiger partial charge in [-0.25, -0.2) is 0 Å².